The van der Waals surface area contributed by atoms with E-state index in [1.165, 1.54) is 38.5 Å². The van der Waals surface area contributed by atoms with Crippen molar-refractivity contribution in [1.82, 2.24) is 5.32 Å². The molecule has 0 aromatic carbocycles. The molecule has 0 aliphatic rings. The van der Waals surface area contributed by atoms with Gasteiger partial charge in [-0.25, -0.2) is 0 Å². The van der Waals surface area contributed by atoms with Gasteiger partial charge in [-0.15, -0.1) is 0 Å². The molecule has 0 fully saturated rings. The van der Waals surface area contributed by atoms with E-state index in [1.807, 2.05) is 0 Å². The highest BCUT2D eigenvalue weighted by atomic mass is 14.8. The summed E-state index contributed by atoms with van der Waals surface area (Å²) in [5.74, 6) is 0.793. The predicted molar refractivity (Wildman–Crippen MR) is 79.4 cm³/mol. The van der Waals surface area contributed by atoms with E-state index >= 15 is 0 Å². The third-order valence-corrected chi connectivity index (χ3v) is 3.01. The molecule has 1 atom stereocenters. The number of rotatable bonds is 11. The molecule has 0 aromatic rings. The number of hydrogen-bond donors (Lipinski definition) is 1. The molecular weight excluding hydrogens is 206 g/mol. The molecular formula is C16H31N. The van der Waals surface area contributed by atoms with Crippen LogP contribution in [-0.2, 0) is 0 Å². The maximum absolute atomic E-state index is 3.50. The minimum absolute atomic E-state index is 0.793. The molecule has 1 N–H and O–H groups in total. The molecule has 0 saturated carbocycles. The van der Waals surface area contributed by atoms with Crippen LogP contribution < -0.4 is 5.32 Å². The largest absolute Gasteiger partial charge is 0.316 e. The van der Waals surface area contributed by atoms with Crippen LogP contribution in [0.5, 0.6) is 0 Å². The van der Waals surface area contributed by atoms with Gasteiger partial charge in [0, 0.05) is 0 Å². The van der Waals surface area contributed by atoms with E-state index in [2.05, 4.69) is 50.4 Å². The summed E-state index contributed by atoms with van der Waals surface area (Å²) in [6, 6.07) is 0. The fraction of sp³-hybridized carbons (Fsp3) is 0.750. The molecule has 0 bridgehead atoms. The van der Waals surface area contributed by atoms with Gasteiger partial charge in [-0.1, -0.05) is 64.3 Å². The first-order valence-corrected chi connectivity index (χ1v) is 7.37. The fourth-order valence-corrected chi connectivity index (χ4v) is 1.72. The SMILES string of the molecule is CCCC/C=C\C=C/CC(CC)CNCCC. The van der Waals surface area contributed by atoms with Crippen molar-refractivity contribution in [2.45, 2.75) is 59.3 Å². The van der Waals surface area contributed by atoms with Crippen molar-refractivity contribution < 1.29 is 0 Å². The molecule has 0 radical (unpaired) electrons. The maximum atomic E-state index is 3.50. The van der Waals surface area contributed by atoms with Crippen molar-refractivity contribution in [3.63, 3.8) is 0 Å². The molecule has 1 nitrogen and oxygen atoms in total. The summed E-state index contributed by atoms with van der Waals surface area (Å²) in [6.07, 6.45) is 16.5. The van der Waals surface area contributed by atoms with Crippen LogP contribution in [0.4, 0.5) is 0 Å². The topological polar surface area (TPSA) is 12.0 Å². The summed E-state index contributed by atoms with van der Waals surface area (Å²) in [5.41, 5.74) is 0. The number of unbranched alkanes of at least 4 members (excludes halogenated alkanes) is 2. The van der Waals surface area contributed by atoms with Crippen LogP contribution in [0, 0.1) is 5.92 Å². The molecule has 0 rings (SSSR count). The average molecular weight is 237 g/mol. The number of nitrogens with one attached hydrogen (secondary N) is 1. The summed E-state index contributed by atoms with van der Waals surface area (Å²) in [4.78, 5) is 0. The lowest BCUT2D eigenvalue weighted by Gasteiger charge is -2.12. The molecule has 0 spiro atoms. The minimum Gasteiger partial charge on any atom is -0.316 e. The van der Waals surface area contributed by atoms with Gasteiger partial charge in [-0.2, -0.15) is 0 Å². The first-order chi connectivity index (χ1) is 8.35. The molecule has 0 aliphatic heterocycles. The van der Waals surface area contributed by atoms with Gasteiger partial charge in [0.05, 0.1) is 0 Å². The quantitative estimate of drug-likeness (QED) is 0.405. The lowest BCUT2D eigenvalue weighted by Crippen LogP contribution is -2.22. The van der Waals surface area contributed by atoms with Crippen molar-refractivity contribution in [2.75, 3.05) is 13.1 Å². The van der Waals surface area contributed by atoms with E-state index in [0.717, 1.165) is 19.0 Å². The monoisotopic (exact) mass is 237 g/mol. The zero-order valence-electron chi connectivity index (χ0n) is 12.0. The first kappa shape index (κ1) is 16.4. The molecule has 1 heteroatoms. The Labute approximate surface area is 108 Å². The summed E-state index contributed by atoms with van der Waals surface area (Å²) in [6.45, 7) is 9.04. The third-order valence-electron chi connectivity index (χ3n) is 3.01. The van der Waals surface area contributed by atoms with E-state index in [1.54, 1.807) is 0 Å². The lowest BCUT2D eigenvalue weighted by atomic mass is 10.0. The zero-order valence-corrected chi connectivity index (χ0v) is 12.0. The van der Waals surface area contributed by atoms with Gasteiger partial charge in [0.1, 0.15) is 0 Å². The maximum Gasteiger partial charge on any atom is -0.00177 e. The first-order valence-electron chi connectivity index (χ1n) is 7.37. The second-order valence-corrected chi connectivity index (χ2v) is 4.71. The molecule has 0 aromatic heterocycles. The predicted octanol–water partition coefficient (Wildman–Crippen LogP) is 4.70. The molecule has 0 heterocycles. The van der Waals surface area contributed by atoms with E-state index in [-0.39, 0.29) is 0 Å². The van der Waals surface area contributed by atoms with Gasteiger partial charge in [0.2, 0.25) is 0 Å². The van der Waals surface area contributed by atoms with Gasteiger partial charge >= 0.3 is 0 Å². The molecule has 0 amide bonds. The highest BCUT2D eigenvalue weighted by Crippen LogP contribution is 2.07. The number of allylic oxidation sites excluding steroid dienone is 4. The highest BCUT2D eigenvalue weighted by molar-refractivity contribution is 5.02. The normalized spacial score (nSPS) is 13.8. The summed E-state index contributed by atoms with van der Waals surface area (Å²) < 4.78 is 0. The van der Waals surface area contributed by atoms with Crippen LogP contribution in [-0.4, -0.2) is 13.1 Å². The van der Waals surface area contributed by atoms with Crippen LogP contribution in [0.1, 0.15) is 59.3 Å². The highest BCUT2D eigenvalue weighted by Gasteiger charge is 2.02. The lowest BCUT2D eigenvalue weighted by molar-refractivity contribution is 0.467. The Bertz CT molecular complexity index is 194. The molecule has 0 saturated heterocycles. The van der Waals surface area contributed by atoms with Gasteiger partial charge in [-0.3, -0.25) is 0 Å². The van der Waals surface area contributed by atoms with Gasteiger partial charge in [0.25, 0.3) is 0 Å². The molecule has 100 valence electrons. The Hall–Kier alpha value is -0.560. The van der Waals surface area contributed by atoms with Gasteiger partial charge in [0.15, 0.2) is 0 Å². The Morgan fingerprint density at radius 2 is 1.76 bits per heavy atom. The average Bonchev–Trinajstić information content (AvgIpc) is 2.35. The van der Waals surface area contributed by atoms with Crippen molar-refractivity contribution in [3.05, 3.63) is 24.3 Å². The van der Waals surface area contributed by atoms with E-state index in [9.17, 15) is 0 Å². The van der Waals surface area contributed by atoms with Crippen LogP contribution in [0.25, 0.3) is 0 Å². The Kier molecular flexibility index (Phi) is 13.1. The fourth-order valence-electron chi connectivity index (χ4n) is 1.72. The molecule has 17 heavy (non-hydrogen) atoms. The summed E-state index contributed by atoms with van der Waals surface area (Å²) in [7, 11) is 0. The zero-order chi connectivity index (χ0) is 12.8. The third kappa shape index (κ3) is 11.7. The van der Waals surface area contributed by atoms with Crippen LogP contribution in [0.2, 0.25) is 0 Å². The second-order valence-electron chi connectivity index (χ2n) is 4.71. The van der Waals surface area contributed by atoms with Crippen molar-refractivity contribution in [2.24, 2.45) is 5.92 Å². The summed E-state index contributed by atoms with van der Waals surface area (Å²) >= 11 is 0. The van der Waals surface area contributed by atoms with Crippen molar-refractivity contribution in [1.29, 1.82) is 0 Å². The van der Waals surface area contributed by atoms with Gasteiger partial charge in [-0.05, 0) is 38.3 Å². The Morgan fingerprint density at radius 1 is 1.00 bits per heavy atom. The minimum atomic E-state index is 0.793. The van der Waals surface area contributed by atoms with Crippen molar-refractivity contribution in [3.8, 4) is 0 Å². The Morgan fingerprint density at radius 3 is 2.41 bits per heavy atom. The van der Waals surface area contributed by atoms with E-state index < -0.39 is 0 Å². The standard InChI is InChI=1S/C16H31N/c1-4-7-8-9-10-11-12-13-16(6-3)15-17-14-5-2/h9-12,16-17H,4-8,13-15H2,1-3H3/b10-9-,12-11-. The molecule has 0 aliphatic carbocycles. The van der Waals surface area contributed by atoms with Crippen LogP contribution in [0.15, 0.2) is 24.3 Å². The Balaban J connectivity index is 3.59. The molecule has 1 unspecified atom stereocenters. The van der Waals surface area contributed by atoms with Crippen molar-refractivity contribution >= 4 is 0 Å². The van der Waals surface area contributed by atoms with E-state index in [4.69, 9.17) is 0 Å². The smallest absolute Gasteiger partial charge is 0.00177 e. The second kappa shape index (κ2) is 13.5. The van der Waals surface area contributed by atoms with Crippen LogP contribution in [0.3, 0.4) is 0 Å². The van der Waals surface area contributed by atoms with Gasteiger partial charge < -0.3 is 5.32 Å². The summed E-state index contributed by atoms with van der Waals surface area (Å²) in [5, 5.41) is 3.50. The number of hydrogen-bond acceptors (Lipinski definition) is 1. The van der Waals surface area contributed by atoms with Crippen LogP contribution >= 0.6 is 0 Å². The van der Waals surface area contributed by atoms with E-state index in [0.29, 0.717) is 0 Å².